The first-order valence-corrected chi connectivity index (χ1v) is 13.5. The first-order valence-electron chi connectivity index (χ1n) is 13.5. The average Bonchev–Trinajstić information content (AvgIpc) is 2.80. The molecular weight excluding hydrogens is 464 g/mol. The minimum Gasteiger partial charge on any atom is -0.454 e. The fourth-order valence-corrected chi connectivity index (χ4v) is 6.47. The van der Waals surface area contributed by atoms with Crippen LogP contribution in [0.3, 0.4) is 0 Å². The van der Waals surface area contributed by atoms with Crippen LogP contribution in [0.5, 0.6) is 0 Å². The van der Waals surface area contributed by atoms with E-state index in [1.807, 2.05) is 20.8 Å². The maximum atomic E-state index is 13.6. The van der Waals surface area contributed by atoms with Gasteiger partial charge in [0.1, 0.15) is 17.5 Å². The Morgan fingerprint density at radius 2 is 1.94 bits per heavy atom. The molecule has 9 atom stereocenters. The fraction of sp³-hybridized carbons (Fsp3) is 0.821. The number of esters is 2. The standard InChI is InChI=1S/C28H44O8/c1-7-9-22(31)34-20(8-2)26(32)36-28(6)13-12-21-27(5,33)14-19(30)23-16(3)10-11-18(17(4)15-29)24(23)25(28)35-21/h17-18,20-21,23-25,29,33H,3,7-15H2,1-2,4-6H3/t17-,18+,20-,21+,23+,24+,25+,27+,28+/m0/s1. The molecular formula is C28H44O8. The van der Waals surface area contributed by atoms with Gasteiger partial charge in [0.05, 0.1) is 11.7 Å². The van der Waals surface area contributed by atoms with Gasteiger partial charge in [-0.05, 0) is 64.2 Å². The lowest BCUT2D eigenvalue weighted by Crippen LogP contribution is -2.64. The predicted octanol–water partition coefficient (Wildman–Crippen LogP) is 3.51. The van der Waals surface area contributed by atoms with Gasteiger partial charge >= 0.3 is 11.9 Å². The highest BCUT2D eigenvalue weighted by atomic mass is 16.6. The van der Waals surface area contributed by atoms with E-state index in [-0.39, 0.29) is 49.4 Å². The van der Waals surface area contributed by atoms with E-state index in [1.165, 1.54) is 0 Å². The van der Waals surface area contributed by atoms with E-state index in [9.17, 15) is 24.6 Å². The zero-order valence-corrected chi connectivity index (χ0v) is 22.5. The maximum absolute atomic E-state index is 13.6. The van der Waals surface area contributed by atoms with Gasteiger partial charge in [-0.2, -0.15) is 0 Å². The van der Waals surface area contributed by atoms with Crippen LogP contribution in [0.25, 0.3) is 0 Å². The molecule has 8 heteroatoms. The van der Waals surface area contributed by atoms with Crippen molar-refractivity contribution >= 4 is 17.7 Å². The van der Waals surface area contributed by atoms with Crippen LogP contribution < -0.4 is 0 Å². The van der Waals surface area contributed by atoms with E-state index >= 15 is 0 Å². The monoisotopic (exact) mass is 508 g/mol. The van der Waals surface area contributed by atoms with Crippen LogP contribution in [0.15, 0.2) is 12.2 Å². The second-order valence-corrected chi connectivity index (χ2v) is 11.5. The first kappa shape index (κ1) is 28.8. The number of ketones is 1. The van der Waals surface area contributed by atoms with Crippen molar-refractivity contribution in [2.45, 2.75) is 115 Å². The summed E-state index contributed by atoms with van der Waals surface area (Å²) >= 11 is 0. The quantitative estimate of drug-likeness (QED) is 0.378. The highest BCUT2D eigenvalue weighted by Crippen LogP contribution is 2.52. The molecule has 0 spiro atoms. The van der Waals surface area contributed by atoms with Crippen molar-refractivity contribution in [3.63, 3.8) is 0 Å². The number of aliphatic hydroxyl groups is 2. The van der Waals surface area contributed by atoms with E-state index in [1.54, 1.807) is 13.8 Å². The third kappa shape index (κ3) is 5.70. The van der Waals surface area contributed by atoms with Crippen molar-refractivity contribution in [2.75, 3.05) is 6.61 Å². The third-order valence-corrected chi connectivity index (χ3v) is 8.57. The SMILES string of the molecule is C=C1CC[C@H]([C@@H](C)CO)[C@@H]2[C@H]1C(=O)C[C@@](C)(O)[C@H]1CC[C@@](C)(OC(=O)[C@H](CC)OC(=O)CCC)[C@@H]2O1. The molecule has 2 heterocycles. The number of aliphatic hydroxyl groups excluding tert-OH is 1. The molecule has 0 unspecified atom stereocenters. The summed E-state index contributed by atoms with van der Waals surface area (Å²) in [7, 11) is 0. The zero-order valence-electron chi connectivity index (χ0n) is 22.5. The van der Waals surface area contributed by atoms with Crippen LogP contribution in [0.4, 0.5) is 0 Å². The molecule has 8 nitrogen and oxygen atoms in total. The molecule has 3 fully saturated rings. The number of fused-ring (bicyclic) bond motifs is 4. The minimum atomic E-state index is -1.36. The highest BCUT2D eigenvalue weighted by molar-refractivity contribution is 5.85. The average molecular weight is 509 g/mol. The molecule has 1 saturated carbocycles. The first-order chi connectivity index (χ1) is 16.9. The lowest BCUT2D eigenvalue weighted by molar-refractivity contribution is -0.259. The number of hydrogen-bond acceptors (Lipinski definition) is 8. The Labute approximate surface area is 214 Å². The molecule has 0 aromatic carbocycles. The Morgan fingerprint density at radius 3 is 2.56 bits per heavy atom. The smallest absolute Gasteiger partial charge is 0.348 e. The summed E-state index contributed by atoms with van der Waals surface area (Å²) < 4.78 is 18.1. The number of ether oxygens (including phenoxy) is 3. The third-order valence-electron chi connectivity index (χ3n) is 8.57. The van der Waals surface area contributed by atoms with E-state index in [4.69, 9.17) is 14.2 Å². The summed E-state index contributed by atoms with van der Waals surface area (Å²) in [5.41, 5.74) is -1.67. The summed E-state index contributed by atoms with van der Waals surface area (Å²) in [5, 5.41) is 21.2. The molecule has 0 radical (unpaired) electrons. The van der Waals surface area contributed by atoms with Crippen LogP contribution in [0.2, 0.25) is 0 Å². The van der Waals surface area contributed by atoms with Crippen LogP contribution in [0, 0.1) is 23.7 Å². The van der Waals surface area contributed by atoms with Gasteiger partial charge < -0.3 is 24.4 Å². The summed E-state index contributed by atoms with van der Waals surface area (Å²) in [6.45, 7) is 13.2. The van der Waals surface area contributed by atoms with Gasteiger partial charge in [-0.3, -0.25) is 9.59 Å². The van der Waals surface area contributed by atoms with E-state index in [0.717, 1.165) is 12.0 Å². The summed E-state index contributed by atoms with van der Waals surface area (Å²) in [6, 6.07) is 0. The predicted molar refractivity (Wildman–Crippen MR) is 133 cm³/mol. The minimum absolute atomic E-state index is 0.0351. The van der Waals surface area contributed by atoms with Gasteiger partial charge in [0, 0.05) is 31.3 Å². The Hall–Kier alpha value is -1.77. The van der Waals surface area contributed by atoms with E-state index < -0.39 is 47.4 Å². The molecule has 204 valence electrons. The largest absolute Gasteiger partial charge is 0.454 e. The zero-order chi connectivity index (χ0) is 26.8. The van der Waals surface area contributed by atoms with Crippen LogP contribution in [-0.2, 0) is 28.6 Å². The number of carbonyl (C=O) groups is 3. The lowest BCUT2D eigenvalue weighted by Gasteiger charge is -2.56. The molecule has 0 amide bonds. The van der Waals surface area contributed by atoms with Gasteiger partial charge in [0.15, 0.2) is 6.10 Å². The molecule has 3 rings (SSSR count). The van der Waals surface area contributed by atoms with Gasteiger partial charge in [0.25, 0.3) is 0 Å². The maximum Gasteiger partial charge on any atom is 0.348 e. The van der Waals surface area contributed by atoms with Gasteiger partial charge in [-0.25, -0.2) is 4.79 Å². The number of Topliss-reactive ketones (excluding diaryl/α,β-unsaturated/α-hetero) is 1. The van der Waals surface area contributed by atoms with Crippen molar-refractivity contribution in [2.24, 2.45) is 23.7 Å². The number of carbonyl (C=O) groups excluding carboxylic acids is 3. The molecule has 2 N–H and O–H groups in total. The van der Waals surface area contributed by atoms with Crippen LogP contribution in [0.1, 0.15) is 86.0 Å². The molecule has 2 aliphatic heterocycles. The molecule has 2 saturated heterocycles. The van der Waals surface area contributed by atoms with Crippen molar-refractivity contribution in [3.05, 3.63) is 12.2 Å². The van der Waals surface area contributed by atoms with Gasteiger partial charge in [0.2, 0.25) is 0 Å². The summed E-state index contributed by atoms with van der Waals surface area (Å²) in [5.74, 6) is -2.23. The topological polar surface area (TPSA) is 119 Å². The Kier molecular flexibility index (Phi) is 9.05. The number of hydrogen-bond donors (Lipinski definition) is 2. The van der Waals surface area contributed by atoms with Crippen molar-refractivity contribution < 1.29 is 38.8 Å². The number of allylic oxidation sites excluding steroid dienone is 1. The second-order valence-electron chi connectivity index (χ2n) is 11.5. The second kappa shape index (κ2) is 11.3. The van der Waals surface area contributed by atoms with Crippen LogP contribution >= 0.6 is 0 Å². The normalized spacial score (nSPS) is 38.2. The van der Waals surface area contributed by atoms with Crippen LogP contribution in [-0.4, -0.2) is 64.1 Å². The Morgan fingerprint density at radius 1 is 1.25 bits per heavy atom. The molecule has 2 bridgehead atoms. The van der Waals surface area contributed by atoms with E-state index in [2.05, 4.69) is 6.58 Å². The fourth-order valence-electron chi connectivity index (χ4n) is 6.47. The Balaban J connectivity index is 2.00. The molecule has 3 aliphatic rings. The van der Waals surface area contributed by atoms with Crippen molar-refractivity contribution in [3.8, 4) is 0 Å². The highest BCUT2D eigenvalue weighted by Gasteiger charge is 2.59. The molecule has 1 aliphatic carbocycles. The molecule has 0 aromatic heterocycles. The Bertz CT molecular complexity index is 850. The summed E-state index contributed by atoms with van der Waals surface area (Å²) in [6.07, 6.45) is 0.993. The van der Waals surface area contributed by atoms with E-state index in [0.29, 0.717) is 25.7 Å². The lowest BCUT2D eigenvalue weighted by atomic mass is 9.57. The summed E-state index contributed by atoms with van der Waals surface area (Å²) in [4.78, 5) is 38.9. The molecule has 36 heavy (non-hydrogen) atoms. The number of rotatable bonds is 8. The van der Waals surface area contributed by atoms with Crippen molar-refractivity contribution in [1.29, 1.82) is 0 Å². The molecule has 0 aromatic rings. The van der Waals surface area contributed by atoms with Crippen molar-refractivity contribution in [1.82, 2.24) is 0 Å². The van der Waals surface area contributed by atoms with Gasteiger partial charge in [-0.15, -0.1) is 0 Å². The van der Waals surface area contributed by atoms with Gasteiger partial charge in [-0.1, -0.05) is 32.9 Å².